The molecule has 0 aliphatic heterocycles. The Morgan fingerprint density at radius 3 is 2.42 bits per heavy atom. The van der Waals surface area contributed by atoms with E-state index < -0.39 is 6.10 Å². The molecule has 0 N–H and O–H groups in total. The second kappa shape index (κ2) is 4.82. The average molecular weight is 275 g/mol. The molecule has 2 heteroatoms. The zero-order valence-electron chi connectivity index (χ0n) is 7.09. The normalized spacial score (nSPS) is 12.9. The molecular weight excluding hydrogens is 263 g/mol. The fourth-order valence-electron chi connectivity index (χ4n) is 1.11. The zero-order chi connectivity index (χ0) is 8.97. The van der Waals surface area contributed by atoms with E-state index in [4.69, 9.17) is 0 Å². The second-order valence-corrected chi connectivity index (χ2v) is 4.07. The van der Waals surface area contributed by atoms with Gasteiger partial charge in [-0.05, 0) is 46.7 Å². The van der Waals surface area contributed by atoms with Crippen LogP contribution >= 0.6 is 22.6 Å². The Bertz CT molecular complexity index is 230. The van der Waals surface area contributed by atoms with E-state index in [0.29, 0.717) is 0 Å². The van der Waals surface area contributed by atoms with Crippen molar-refractivity contribution < 1.29 is 5.11 Å². The number of hydrogen-bond donors (Lipinski definition) is 0. The Kier molecular flexibility index (Phi) is 4.01. The van der Waals surface area contributed by atoms with Gasteiger partial charge < -0.3 is 0 Å². The molecule has 0 heterocycles. The third kappa shape index (κ3) is 2.75. The Morgan fingerprint density at radius 2 is 1.92 bits per heavy atom. The van der Waals surface area contributed by atoms with Gasteiger partial charge in [0.15, 0.2) is 0 Å². The standard InChI is InChI=1S/C10H12IO/c1-2-3-10(12)8-4-6-9(11)7-5-8/h4-7,10H,2-3H2,1H3. The minimum Gasteiger partial charge on any atom is -0.228 e. The molecule has 1 aromatic rings. The van der Waals surface area contributed by atoms with Crippen LogP contribution in [-0.4, -0.2) is 0 Å². The van der Waals surface area contributed by atoms with E-state index in [9.17, 15) is 5.11 Å². The Morgan fingerprint density at radius 1 is 1.33 bits per heavy atom. The average Bonchev–Trinajstić information content (AvgIpc) is 2.06. The molecular formula is C10H12IO. The highest BCUT2D eigenvalue weighted by Gasteiger charge is 2.06. The van der Waals surface area contributed by atoms with Crippen LogP contribution in [0, 0.1) is 3.57 Å². The van der Waals surface area contributed by atoms with E-state index in [1.54, 1.807) is 0 Å². The summed E-state index contributed by atoms with van der Waals surface area (Å²) in [5.41, 5.74) is 0.914. The molecule has 0 amide bonds. The lowest BCUT2D eigenvalue weighted by molar-refractivity contribution is 0.0805. The first kappa shape index (κ1) is 9.99. The minimum atomic E-state index is -0.535. The third-order valence-corrected chi connectivity index (χ3v) is 2.51. The van der Waals surface area contributed by atoms with Crippen molar-refractivity contribution in [2.45, 2.75) is 25.9 Å². The molecule has 1 unspecified atom stereocenters. The summed E-state index contributed by atoms with van der Waals surface area (Å²) >= 11 is 2.24. The van der Waals surface area contributed by atoms with Crippen LogP contribution in [0.25, 0.3) is 0 Å². The van der Waals surface area contributed by atoms with Gasteiger partial charge in [0.1, 0.15) is 6.10 Å². The molecule has 0 fully saturated rings. The fourth-order valence-corrected chi connectivity index (χ4v) is 1.47. The zero-order valence-corrected chi connectivity index (χ0v) is 9.24. The van der Waals surface area contributed by atoms with Crippen LogP contribution in [0.3, 0.4) is 0 Å². The van der Waals surface area contributed by atoms with Crippen molar-refractivity contribution in [3.05, 3.63) is 33.4 Å². The van der Waals surface area contributed by atoms with Gasteiger partial charge in [-0.2, -0.15) is 0 Å². The van der Waals surface area contributed by atoms with Gasteiger partial charge in [0.2, 0.25) is 0 Å². The quantitative estimate of drug-likeness (QED) is 0.752. The number of rotatable bonds is 3. The molecule has 0 spiro atoms. The van der Waals surface area contributed by atoms with Crippen LogP contribution in [0.1, 0.15) is 31.4 Å². The number of benzene rings is 1. The summed E-state index contributed by atoms with van der Waals surface area (Å²) in [6, 6.07) is 7.82. The van der Waals surface area contributed by atoms with Crippen molar-refractivity contribution in [1.29, 1.82) is 0 Å². The third-order valence-electron chi connectivity index (χ3n) is 1.79. The molecule has 12 heavy (non-hydrogen) atoms. The summed E-state index contributed by atoms with van der Waals surface area (Å²) < 4.78 is 1.18. The fraction of sp³-hybridized carbons (Fsp3) is 0.400. The highest BCUT2D eigenvalue weighted by Crippen LogP contribution is 2.19. The maximum Gasteiger partial charge on any atom is 0.118 e. The molecule has 0 aliphatic carbocycles. The molecule has 0 bridgehead atoms. The van der Waals surface area contributed by atoms with Crippen LogP contribution in [0.4, 0.5) is 0 Å². The van der Waals surface area contributed by atoms with E-state index in [0.717, 1.165) is 18.4 Å². The van der Waals surface area contributed by atoms with Crippen molar-refractivity contribution >= 4 is 22.6 Å². The molecule has 1 atom stereocenters. The monoisotopic (exact) mass is 275 g/mol. The highest BCUT2D eigenvalue weighted by molar-refractivity contribution is 14.1. The molecule has 1 nitrogen and oxygen atoms in total. The summed E-state index contributed by atoms with van der Waals surface area (Å²) in [5, 5.41) is 11.4. The molecule has 1 aromatic carbocycles. The number of halogens is 1. The summed E-state index contributed by atoms with van der Waals surface area (Å²) in [6.45, 7) is 2.04. The summed E-state index contributed by atoms with van der Waals surface area (Å²) in [7, 11) is 0. The molecule has 1 rings (SSSR count). The summed E-state index contributed by atoms with van der Waals surface area (Å²) in [6.07, 6.45) is 1.16. The van der Waals surface area contributed by atoms with E-state index in [2.05, 4.69) is 22.6 Å². The second-order valence-electron chi connectivity index (χ2n) is 2.83. The lowest BCUT2D eigenvalue weighted by Crippen LogP contribution is -1.94. The maximum absolute atomic E-state index is 11.4. The first-order valence-corrected chi connectivity index (χ1v) is 5.23. The largest absolute Gasteiger partial charge is 0.228 e. The SMILES string of the molecule is CCCC([O])c1ccc(I)cc1. The minimum absolute atomic E-state index is 0.535. The van der Waals surface area contributed by atoms with Gasteiger partial charge in [-0.3, -0.25) is 0 Å². The van der Waals surface area contributed by atoms with Gasteiger partial charge in [0, 0.05) is 3.57 Å². The van der Waals surface area contributed by atoms with E-state index >= 15 is 0 Å². The molecule has 65 valence electrons. The van der Waals surface area contributed by atoms with Gasteiger partial charge >= 0.3 is 0 Å². The topological polar surface area (TPSA) is 19.9 Å². The van der Waals surface area contributed by atoms with Crippen LogP contribution in [0.5, 0.6) is 0 Å². The van der Waals surface area contributed by atoms with Gasteiger partial charge in [-0.15, -0.1) is 0 Å². The predicted molar refractivity (Wildman–Crippen MR) is 57.5 cm³/mol. The molecule has 0 aromatic heterocycles. The van der Waals surface area contributed by atoms with Gasteiger partial charge in [0.05, 0.1) is 0 Å². The lowest BCUT2D eigenvalue weighted by atomic mass is 10.1. The van der Waals surface area contributed by atoms with Crippen LogP contribution in [0.2, 0.25) is 0 Å². The van der Waals surface area contributed by atoms with Crippen molar-refractivity contribution in [3.8, 4) is 0 Å². The predicted octanol–water partition coefficient (Wildman–Crippen LogP) is 3.56. The van der Waals surface area contributed by atoms with Crippen molar-refractivity contribution in [1.82, 2.24) is 0 Å². The van der Waals surface area contributed by atoms with Gasteiger partial charge in [-0.1, -0.05) is 25.5 Å². The Hall–Kier alpha value is -0.0900. The highest BCUT2D eigenvalue weighted by atomic mass is 127. The maximum atomic E-state index is 11.4. The summed E-state index contributed by atoms with van der Waals surface area (Å²) in [4.78, 5) is 0. The van der Waals surface area contributed by atoms with Crippen LogP contribution < -0.4 is 0 Å². The first-order chi connectivity index (χ1) is 5.74. The van der Waals surface area contributed by atoms with E-state index in [1.807, 2.05) is 31.2 Å². The summed E-state index contributed by atoms with van der Waals surface area (Å²) in [5.74, 6) is 0. The van der Waals surface area contributed by atoms with E-state index in [1.165, 1.54) is 3.57 Å². The molecule has 0 aliphatic rings. The van der Waals surface area contributed by atoms with Crippen molar-refractivity contribution in [2.75, 3.05) is 0 Å². The Labute approximate surface area is 86.9 Å². The smallest absolute Gasteiger partial charge is 0.118 e. The molecule has 0 saturated carbocycles. The Balaban J connectivity index is 2.68. The van der Waals surface area contributed by atoms with Crippen LogP contribution in [0.15, 0.2) is 24.3 Å². The van der Waals surface area contributed by atoms with Gasteiger partial charge in [-0.25, -0.2) is 5.11 Å². The van der Waals surface area contributed by atoms with Gasteiger partial charge in [0.25, 0.3) is 0 Å². The lowest BCUT2D eigenvalue weighted by Gasteiger charge is -2.06. The van der Waals surface area contributed by atoms with Crippen molar-refractivity contribution in [2.24, 2.45) is 0 Å². The van der Waals surface area contributed by atoms with Crippen LogP contribution in [-0.2, 0) is 5.11 Å². The first-order valence-electron chi connectivity index (χ1n) is 4.15. The van der Waals surface area contributed by atoms with E-state index in [-0.39, 0.29) is 0 Å². The molecule has 0 saturated heterocycles. The number of hydrogen-bond acceptors (Lipinski definition) is 0. The molecule has 1 radical (unpaired) electrons. The van der Waals surface area contributed by atoms with Crippen molar-refractivity contribution in [3.63, 3.8) is 0 Å².